The van der Waals surface area contributed by atoms with E-state index in [1.807, 2.05) is 0 Å². The van der Waals surface area contributed by atoms with E-state index < -0.39 is 0 Å². The van der Waals surface area contributed by atoms with E-state index in [0.29, 0.717) is 37.9 Å². The molecule has 0 fully saturated rings. The van der Waals surface area contributed by atoms with E-state index >= 15 is 0 Å². The third kappa shape index (κ3) is 4.80. The third-order valence-electron chi connectivity index (χ3n) is 1.96. The van der Waals surface area contributed by atoms with Crippen LogP contribution in [0.3, 0.4) is 0 Å². The van der Waals surface area contributed by atoms with Gasteiger partial charge < -0.3 is 19.9 Å². The molecular weight excluding hydrogens is 222 g/mol. The number of methoxy groups -OCH3 is 1. The fraction of sp³-hybridized carbons (Fsp3) is 0.455. The summed E-state index contributed by atoms with van der Waals surface area (Å²) in [7, 11) is 1.62. The largest absolute Gasteiger partial charge is 0.475 e. The van der Waals surface area contributed by atoms with Crippen LogP contribution >= 0.6 is 0 Å². The van der Waals surface area contributed by atoms with Crippen molar-refractivity contribution >= 4 is 5.84 Å². The summed E-state index contributed by atoms with van der Waals surface area (Å²) in [6, 6.07) is 3.40. The molecule has 6 nitrogen and oxygen atoms in total. The first-order valence-corrected chi connectivity index (χ1v) is 5.24. The molecule has 1 aromatic heterocycles. The van der Waals surface area contributed by atoms with Crippen LogP contribution in [0.2, 0.25) is 0 Å². The molecule has 0 bridgehead atoms. The molecule has 0 unspecified atom stereocenters. The predicted octanol–water partition coefficient (Wildman–Crippen LogP) is 0.407. The summed E-state index contributed by atoms with van der Waals surface area (Å²) in [4.78, 5) is 4.01. The van der Waals surface area contributed by atoms with Gasteiger partial charge in [-0.05, 0) is 12.1 Å². The number of nitrogens with two attached hydrogens (primary N) is 1. The summed E-state index contributed by atoms with van der Waals surface area (Å²) in [5.41, 5.74) is 5.89. The Kier molecular flexibility index (Phi) is 5.98. The first-order chi connectivity index (χ1) is 8.25. The molecular formula is C11H17N3O3. The zero-order valence-corrected chi connectivity index (χ0v) is 9.81. The topological polar surface area (TPSA) is 90.5 Å². The van der Waals surface area contributed by atoms with E-state index in [4.69, 9.17) is 25.4 Å². The molecule has 0 spiro atoms. The van der Waals surface area contributed by atoms with Crippen molar-refractivity contribution in [2.24, 2.45) is 5.73 Å². The lowest BCUT2D eigenvalue weighted by atomic mass is 10.2. The highest BCUT2D eigenvalue weighted by atomic mass is 16.5. The molecule has 1 rings (SSSR count). The molecule has 0 aliphatic heterocycles. The molecule has 1 aromatic rings. The molecule has 0 aliphatic carbocycles. The zero-order valence-electron chi connectivity index (χ0n) is 9.81. The van der Waals surface area contributed by atoms with E-state index in [2.05, 4.69) is 4.98 Å². The van der Waals surface area contributed by atoms with Gasteiger partial charge in [-0.15, -0.1) is 0 Å². The number of rotatable bonds is 8. The van der Waals surface area contributed by atoms with Crippen molar-refractivity contribution in [3.8, 4) is 5.88 Å². The molecule has 17 heavy (non-hydrogen) atoms. The van der Waals surface area contributed by atoms with E-state index in [-0.39, 0.29) is 5.84 Å². The van der Waals surface area contributed by atoms with Crippen LogP contribution in [0.1, 0.15) is 5.56 Å². The Morgan fingerprint density at radius 2 is 2.12 bits per heavy atom. The molecule has 6 heteroatoms. The van der Waals surface area contributed by atoms with Crippen molar-refractivity contribution in [1.82, 2.24) is 4.98 Å². The Hall–Kier alpha value is -1.66. The fourth-order valence-corrected chi connectivity index (χ4v) is 1.15. The van der Waals surface area contributed by atoms with Gasteiger partial charge >= 0.3 is 0 Å². The predicted molar refractivity (Wildman–Crippen MR) is 63.4 cm³/mol. The number of nitrogens with one attached hydrogen (secondary N) is 1. The standard InChI is InChI=1S/C11H17N3O3/c1-15-5-6-16-7-8-17-11-9(10(12)13)3-2-4-14-11/h2-4H,5-8H2,1H3,(H3,12,13). The summed E-state index contributed by atoms with van der Waals surface area (Å²) in [6.07, 6.45) is 1.59. The molecule has 0 saturated carbocycles. The number of nitrogens with zero attached hydrogens (tertiary/aromatic N) is 1. The second-order valence-corrected chi connectivity index (χ2v) is 3.22. The lowest BCUT2D eigenvalue weighted by molar-refractivity contribution is 0.0536. The number of hydrogen-bond donors (Lipinski definition) is 2. The van der Waals surface area contributed by atoms with E-state index in [0.717, 1.165) is 0 Å². The van der Waals surface area contributed by atoms with Crippen LogP contribution in [0.5, 0.6) is 5.88 Å². The second-order valence-electron chi connectivity index (χ2n) is 3.22. The van der Waals surface area contributed by atoms with Crippen molar-refractivity contribution in [2.45, 2.75) is 0 Å². The smallest absolute Gasteiger partial charge is 0.224 e. The SMILES string of the molecule is COCCOCCOc1ncccc1C(=N)N. The summed E-state index contributed by atoms with van der Waals surface area (Å²) in [6.45, 7) is 1.89. The summed E-state index contributed by atoms with van der Waals surface area (Å²) >= 11 is 0. The molecule has 0 atom stereocenters. The Morgan fingerprint density at radius 3 is 2.82 bits per heavy atom. The number of aromatic nitrogens is 1. The molecule has 0 aromatic carbocycles. The van der Waals surface area contributed by atoms with Crippen LogP contribution in [0.25, 0.3) is 0 Å². The molecule has 94 valence electrons. The first kappa shape index (κ1) is 13.4. The average molecular weight is 239 g/mol. The first-order valence-electron chi connectivity index (χ1n) is 5.24. The van der Waals surface area contributed by atoms with Crippen molar-refractivity contribution in [2.75, 3.05) is 33.5 Å². The molecule has 0 radical (unpaired) electrons. The Bertz CT molecular complexity index is 358. The van der Waals surface area contributed by atoms with E-state index in [1.165, 1.54) is 0 Å². The van der Waals surface area contributed by atoms with Gasteiger partial charge in [0.1, 0.15) is 12.4 Å². The van der Waals surface area contributed by atoms with Crippen LogP contribution in [0.4, 0.5) is 0 Å². The average Bonchev–Trinajstić information content (AvgIpc) is 2.34. The minimum atomic E-state index is -0.0617. The number of nitrogen functional groups attached to an aromatic ring is 1. The Balaban J connectivity index is 2.34. The van der Waals surface area contributed by atoms with E-state index in [9.17, 15) is 0 Å². The van der Waals surface area contributed by atoms with Crippen molar-refractivity contribution in [3.63, 3.8) is 0 Å². The quantitative estimate of drug-likeness (QED) is 0.389. The molecule has 1 heterocycles. The number of amidine groups is 1. The van der Waals surface area contributed by atoms with Gasteiger partial charge in [0.2, 0.25) is 5.88 Å². The summed E-state index contributed by atoms with van der Waals surface area (Å²) in [5.74, 6) is 0.295. The number of pyridine rings is 1. The van der Waals surface area contributed by atoms with Gasteiger partial charge in [-0.25, -0.2) is 4.98 Å². The van der Waals surface area contributed by atoms with Crippen molar-refractivity contribution < 1.29 is 14.2 Å². The molecule has 0 saturated heterocycles. The summed E-state index contributed by atoms with van der Waals surface area (Å²) in [5, 5.41) is 7.36. The number of hydrogen-bond acceptors (Lipinski definition) is 5. The minimum Gasteiger partial charge on any atom is -0.475 e. The summed E-state index contributed by atoms with van der Waals surface area (Å²) < 4.78 is 15.4. The van der Waals surface area contributed by atoms with Gasteiger partial charge in [0, 0.05) is 13.3 Å². The zero-order chi connectivity index (χ0) is 12.5. The number of ether oxygens (including phenoxy) is 3. The van der Waals surface area contributed by atoms with E-state index in [1.54, 1.807) is 25.4 Å². The Labute approximate surface area is 100 Å². The molecule has 0 amide bonds. The van der Waals surface area contributed by atoms with Crippen LogP contribution in [0.15, 0.2) is 18.3 Å². The van der Waals surface area contributed by atoms with Gasteiger partial charge in [0.15, 0.2) is 0 Å². The van der Waals surface area contributed by atoms with Crippen molar-refractivity contribution in [1.29, 1.82) is 5.41 Å². The monoisotopic (exact) mass is 239 g/mol. The van der Waals surface area contributed by atoms with Crippen LogP contribution in [0, 0.1) is 5.41 Å². The van der Waals surface area contributed by atoms with Crippen LogP contribution < -0.4 is 10.5 Å². The lowest BCUT2D eigenvalue weighted by Crippen LogP contribution is -2.16. The van der Waals surface area contributed by atoms with Gasteiger partial charge in [-0.3, -0.25) is 5.41 Å². The van der Waals surface area contributed by atoms with Gasteiger partial charge in [0.05, 0.1) is 25.4 Å². The second kappa shape index (κ2) is 7.59. The fourth-order valence-electron chi connectivity index (χ4n) is 1.15. The highest BCUT2D eigenvalue weighted by molar-refractivity contribution is 5.96. The van der Waals surface area contributed by atoms with Crippen LogP contribution in [-0.4, -0.2) is 44.4 Å². The molecule has 0 aliphatic rings. The van der Waals surface area contributed by atoms with Gasteiger partial charge in [-0.2, -0.15) is 0 Å². The van der Waals surface area contributed by atoms with Crippen molar-refractivity contribution in [3.05, 3.63) is 23.9 Å². The normalized spacial score (nSPS) is 10.2. The third-order valence-corrected chi connectivity index (χ3v) is 1.96. The maximum Gasteiger partial charge on any atom is 0.224 e. The van der Waals surface area contributed by atoms with Gasteiger partial charge in [-0.1, -0.05) is 0 Å². The lowest BCUT2D eigenvalue weighted by Gasteiger charge is -2.09. The maximum absolute atomic E-state index is 7.36. The highest BCUT2D eigenvalue weighted by Crippen LogP contribution is 2.12. The molecule has 3 N–H and O–H groups in total. The Morgan fingerprint density at radius 1 is 1.35 bits per heavy atom. The van der Waals surface area contributed by atoms with Gasteiger partial charge in [0.25, 0.3) is 0 Å². The highest BCUT2D eigenvalue weighted by Gasteiger charge is 2.06. The van der Waals surface area contributed by atoms with Crippen LogP contribution in [-0.2, 0) is 9.47 Å². The minimum absolute atomic E-state index is 0.0617. The maximum atomic E-state index is 7.36.